The van der Waals surface area contributed by atoms with Crippen LogP contribution in [0.25, 0.3) is 0 Å². The third-order valence-corrected chi connectivity index (χ3v) is 2.95. The first-order valence-corrected chi connectivity index (χ1v) is 5.36. The molecule has 1 unspecified atom stereocenters. The van der Waals surface area contributed by atoms with Crippen LogP contribution in [0.3, 0.4) is 0 Å². The van der Waals surface area contributed by atoms with Crippen LogP contribution in [0.1, 0.15) is 26.0 Å². The fraction of sp³-hybridized carbons (Fsp3) is 0.727. The molecule has 0 saturated heterocycles. The minimum absolute atomic E-state index is 0.0533. The number of aliphatic hydroxyl groups is 1. The van der Waals surface area contributed by atoms with Gasteiger partial charge in [-0.15, -0.1) is 0 Å². The Labute approximate surface area is 91.3 Å². The molecule has 0 bridgehead atoms. The first-order valence-electron chi connectivity index (χ1n) is 5.36. The first kappa shape index (κ1) is 12.0. The Morgan fingerprint density at radius 3 is 2.67 bits per heavy atom. The van der Waals surface area contributed by atoms with Crippen molar-refractivity contribution in [2.75, 3.05) is 18.5 Å². The topological polar surface area (TPSA) is 50.1 Å². The van der Waals surface area contributed by atoms with E-state index >= 15 is 0 Å². The van der Waals surface area contributed by atoms with Crippen molar-refractivity contribution in [3.63, 3.8) is 0 Å². The third kappa shape index (κ3) is 2.96. The third-order valence-electron chi connectivity index (χ3n) is 2.95. The normalized spacial score (nSPS) is 15.0. The second-order valence-corrected chi connectivity index (χ2v) is 4.48. The van der Waals surface area contributed by atoms with Crippen LogP contribution in [0.5, 0.6) is 0 Å². The molecule has 15 heavy (non-hydrogen) atoms. The number of rotatable bonds is 5. The van der Waals surface area contributed by atoms with E-state index in [1.165, 1.54) is 0 Å². The zero-order chi connectivity index (χ0) is 11.5. The molecule has 1 aromatic heterocycles. The molecule has 0 spiro atoms. The van der Waals surface area contributed by atoms with Crippen molar-refractivity contribution < 1.29 is 5.11 Å². The second kappa shape index (κ2) is 4.66. The quantitative estimate of drug-likeness (QED) is 0.777. The molecule has 0 amide bonds. The van der Waals surface area contributed by atoms with Gasteiger partial charge in [0.05, 0.1) is 18.0 Å². The van der Waals surface area contributed by atoms with Gasteiger partial charge in [0.15, 0.2) is 0 Å². The van der Waals surface area contributed by atoms with E-state index in [0.717, 1.165) is 24.3 Å². The van der Waals surface area contributed by atoms with Gasteiger partial charge in [-0.2, -0.15) is 5.10 Å². The zero-order valence-electron chi connectivity index (χ0n) is 10.0. The average molecular weight is 211 g/mol. The summed E-state index contributed by atoms with van der Waals surface area (Å²) in [5, 5.41) is 16.9. The number of anilines is 1. The lowest BCUT2D eigenvalue weighted by atomic mass is 9.88. The van der Waals surface area contributed by atoms with Crippen molar-refractivity contribution in [2.24, 2.45) is 12.5 Å². The largest absolute Gasteiger partial charge is 0.396 e. The smallest absolute Gasteiger partial charge is 0.0824 e. The first-order chi connectivity index (χ1) is 7.00. The van der Waals surface area contributed by atoms with Crippen LogP contribution in [0.15, 0.2) is 6.20 Å². The summed E-state index contributed by atoms with van der Waals surface area (Å²) in [5.41, 5.74) is 1.99. The SMILES string of the molecule is CCC(C)(CO)CNc1cn(C)nc1C. The summed E-state index contributed by atoms with van der Waals surface area (Å²) < 4.78 is 1.79. The molecule has 0 aliphatic heterocycles. The number of hydrogen-bond acceptors (Lipinski definition) is 3. The lowest BCUT2D eigenvalue weighted by molar-refractivity contribution is 0.149. The molecule has 4 heteroatoms. The number of aromatic nitrogens is 2. The molecule has 0 aliphatic carbocycles. The minimum Gasteiger partial charge on any atom is -0.396 e. The van der Waals surface area contributed by atoms with E-state index in [1.807, 2.05) is 20.2 Å². The van der Waals surface area contributed by atoms with Crippen LogP contribution >= 0.6 is 0 Å². The molecule has 2 N–H and O–H groups in total. The number of aliphatic hydroxyl groups excluding tert-OH is 1. The minimum atomic E-state index is -0.0533. The van der Waals surface area contributed by atoms with Gasteiger partial charge in [0, 0.05) is 25.2 Å². The van der Waals surface area contributed by atoms with Gasteiger partial charge >= 0.3 is 0 Å². The van der Waals surface area contributed by atoms with E-state index in [9.17, 15) is 5.11 Å². The van der Waals surface area contributed by atoms with Crippen molar-refractivity contribution in [1.82, 2.24) is 9.78 Å². The Hall–Kier alpha value is -1.03. The van der Waals surface area contributed by atoms with Crippen LogP contribution < -0.4 is 5.32 Å². The summed E-state index contributed by atoms with van der Waals surface area (Å²) in [6, 6.07) is 0. The Morgan fingerprint density at radius 1 is 1.60 bits per heavy atom. The summed E-state index contributed by atoms with van der Waals surface area (Å²) in [7, 11) is 1.91. The summed E-state index contributed by atoms with van der Waals surface area (Å²) >= 11 is 0. The van der Waals surface area contributed by atoms with E-state index in [-0.39, 0.29) is 12.0 Å². The summed E-state index contributed by atoms with van der Waals surface area (Å²) in [4.78, 5) is 0. The highest BCUT2D eigenvalue weighted by Crippen LogP contribution is 2.21. The molecule has 0 aromatic carbocycles. The van der Waals surface area contributed by atoms with Gasteiger partial charge in [-0.1, -0.05) is 13.8 Å². The summed E-state index contributed by atoms with van der Waals surface area (Å²) in [6.07, 6.45) is 2.92. The maximum Gasteiger partial charge on any atom is 0.0824 e. The summed E-state index contributed by atoms with van der Waals surface area (Å²) in [5.74, 6) is 0. The van der Waals surface area contributed by atoms with Crippen molar-refractivity contribution in [3.05, 3.63) is 11.9 Å². The van der Waals surface area contributed by atoms with Gasteiger partial charge < -0.3 is 10.4 Å². The lowest BCUT2D eigenvalue weighted by Gasteiger charge is -2.26. The molecular weight excluding hydrogens is 190 g/mol. The van der Waals surface area contributed by atoms with Crippen LogP contribution in [0.4, 0.5) is 5.69 Å². The van der Waals surface area contributed by atoms with Gasteiger partial charge in [-0.05, 0) is 13.3 Å². The molecule has 1 aromatic rings. The van der Waals surface area contributed by atoms with Crippen LogP contribution in [0.2, 0.25) is 0 Å². The van der Waals surface area contributed by atoms with Crippen molar-refractivity contribution >= 4 is 5.69 Å². The fourth-order valence-electron chi connectivity index (χ4n) is 1.37. The second-order valence-electron chi connectivity index (χ2n) is 4.48. The standard InChI is InChI=1S/C11H21N3O/c1-5-11(3,8-15)7-12-10-6-14(4)13-9(10)2/h6,12,15H,5,7-8H2,1-4H3. The van der Waals surface area contributed by atoms with Gasteiger partial charge in [0.2, 0.25) is 0 Å². The van der Waals surface area contributed by atoms with Crippen LogP contribution in [-0.4, -0.2) is 28.0 Å². The Balaban J connectivity index is 2.60. The number of nitrogens with one attached hydrogen (secondary N) is 1. The molecule has 0 fully saturated rings. The van der Waals surface area contributed by atoms with Gasteiger partial charge in [0.25, 0.3) is 0 Å². The molecule has 86 valence electrons. The highest BCUT2D eigenvalue weighted by molar-refractivity contribution is 5.45. The Bertz CT molecular complexity index is 316. The monoisotopic (exact) mass is 211 g/mol. The van der Waals surface area contributed by atoms with Gasteiger partial charge in [0.1, 0.15) is 0 Å². The number of aryl methyl sites for hydroxylation is 2. The number of hydrogen-bond donors (Lipinski definition) is 2. The molecule has 1 heterocycles. The van der Waals surface area contributed by atoms with E-state index in [0.29, 0.717) is 0 Å². The molecule has 0 aliphatic rings. The zero-order valence-corrected chi connectivity index (χ0v) is 10.0. The Kier molecular flexibility index (Phi) is 3.74. The van der Waals surface area contributed by atoms with E-state index in [2.05, 4.69) is 24.3 Å². The highest BCUT2D eigenvalue weighted by atomic mass is 16.3. The van der Waals surface area contributed by atoms with E-state index in [1.54, 1.807) is 4.68 Å². The Morgan fingerprint density at radius 2 is 2.27 bits per heavy atom. The predicted molar refractivity (Wildman–Crippen MR) is 61.9 cm³/mol. The highest BCUT2D eigenvalue weighted by Gasteiger charge is 2.21. The van der Waals surface area contributed by atoms with Crippen molar-refractivity contribution in [2.45, 2.75) is 27.2 Å². The van der Waals surface area contributed by atoms with E-state index < -0.39 is 0 Å². The molecule has 4 nitrogen and oxygen atoms in total. The molecule has 1 rings (SSSR count). The van der Waals surface area contributed by atoms with E-state index in [4.69, 9.17) is 0 Å². The molecular formula is C11H21N3O. The maximum absolute atomic E-state index is 9.28. The predicted octanol–water partition coefficient (Wildman–Crippen LogP) is 1.55. The van der Waals surface area contributed by atoms with Crippen LogP contribution in [0, 0.1) is 12.3 Å². The molecule has 0 radical (unpaired) electrons. The molecule has 0 saturated carbocycles. The average Bonchev–Trinajstić information content (AvgIpc) is 2.54. The molecule has 1 atom stereocenters. The van der Waals surface area contributed by atoms with Crippen LogP contribution in [-0.2, 0) is 7.05 Å². The lowest BCUT2D eigenvalue weighted by Crippen LogP contribution is -2.29. The van der Waals surface area contributed by atoms with Gasteiger partial charge in [-0.25, -0.2) is 0 Å². The fourth-order valence-corrected chi connectivity index (χ4v) is 1.37. The van der Waals surface area contributed by atoms with Crippen molar-refractivity contribution in [1.29, 1.82) is 0 Å². The van der Waals surface area contributed by atoms with Gasteiger partial charge in [-0.3, -0.25) is 4.68 Å². The maximum atomic E-state index is 9.28. The number of nitrogens with zero attached hydrogens (tertiary/aromatic N) is 2. The summed E-state index contributed by atoms with van der Waals surface area (Å²) in [6.45, 7) is 7.12. The van der Waals surface area contributed by atoms with Crippen molar-refractivity contribution in [3.8, 4) is 0 Å².